The third kappa shape index (κ3) is 5.89. The molecule has 0 aliphatic heterocycles. The van der Waals surface area contributed by atoms with E-state index in [2.05, 4.69) is 38.1 Å². The van der Waals surface area contributed by atoms with Crippen LogP contribution in [0.1, 0.15) is 58.1 Å². The molecule has 0 aliphatic carbocycles. The Morgan fingerprint density at radius 1 is 0.742 bits per heavy atom. The van der Waals surface area contributed by atoms with Gasteiger partial charge in [-0.05, 0) is 62.9 Å². The molecule has 0 radical (unpaired) electrons. The van der Waals surface area contributed by atoms with Gasteiger partial charge in [-0.15, -0.1) is 0 Å². The van der Waals surface area contributed by atoms with Gasteiger partial charge >= 0.3 is 0 Å². The van der Waals surface area contributed by atoms with Crippen molar-refractivity contribution in [3.8, 4) is 11.5 Å². The molecule has 164 valence electrons. The Morgan fingerprint density at radius 2 is 1.32 bits per heavy atom. The number of benzene rings is 3. The lowest BCUT2D eigenvalue weighted by Crippen LogP contribution is -2.48. The Balaban J connectivity index is 1.96. The van der Waals surface area contributed by atoms with Gasteiger partial charge in [-0.3, -0.25) is 0 Å². The predicted molar refractivity (Wildman–Crippen MR) is 127 cm³/mol. The van der Waals surface area contributed by atoms with E-state index in [1.807, 2.05) is 81.4 Å². The summed E-state index contributed by atoms with van der Waals surface area (Å²) in [6.07, 6.45) is 0.423. The Kier molecular flexibility index (Phi) is 7.75. The predicted octanol–water partition coefficient (Wildman–Crippen LogP) is 7.32. The van der Waals surface area contributed by atoms with Crippen molar-refractivity contribution in [1.82, 2.24) is 0 Å². The highest BCUT2D eigenvalue weighted by Crippen LogP contribution is 2.35. The van der Waals surface area contributed by atoms with E-state index in [4.69, 9.17) is 14.2 Å². The summed E-state index contributed by atoms with van der Waals surface area (Å²) >= 11 is 0. The monoisotopic (exact) mass is 418 g/mol. The third-order valence-corrected chi connectivity index (χ3v) is 5.57. The second-order valence-corrected chi connectivity index (χ2v) is 8.40. The molecular weight excluding hydrogens is 384 g/mol. The van der Waals surface area contributed by atoms with E-state index in [1.165, 1.54) is 5.56 Å². The topological polar surface area (TPSA) is 27.7 Å². The first-order valence-corrected chi connectivity index (χ1v) is 11.1. The van der Waals surface area contributed by atoms with Crippen molar-refractivity contribution in [3.63, 3.8) is 0 Å². The van der Waals surface area contributed by atoms with Crippen molar-refractivity contribution in [3.05, 3.63) is 96.1 Å². The van der Waals surface area contributed by atoms with Crippen LogP contribution in [0.4, 0.5) is 0 Å². The molecule has 0 fully saturated rings. The van der Waals surface area contributed by atoms with Gasteiger partial charge in [0.15, 0.2) is 5.60 Å². The highest BCUT2D eigenvalue weighted by atomic mass is 16.7. The van der Waals surface area contributed by atoms with Crippen molar-refractivity contribution in [2.75, 3.05) is 0 Å². The first kappa shape index (κ1) is 22.9. The molecule has 0 heterocycles. The highest BCUT2D eigenvalue weighted by Gasteiger charge is 2.42. The summed E-state index contributed by atoms with van der Waals surface area (Å²) in [4.78, 5) is 0. The molecule has 3 aromatic carbocycles. The van der Waals surface area contributed by atoms with E-state index >= 15 is 0 Å². The highest BCUT2D eigenvalue weighted by molar-refractivity contribution is 5.31. The second kappa shape index (κ2) is 10.5. The zero-order valence-electron chi connectivity index (χ0n) is 19.2. The van der Waals surface area contributed by atoms with Gasteiger partial charge in [-0.2, -0.15) is 0 Å². The summed E-state index contributed by atoms with van der Waals surface area (Å²) in [5.74, 6) is 2.05. The summed E-state index contributed by atoms with van der Waals surface area (Å²) < 4.78 is 19.3. The van der Waals surface area contributed by atoms with Gasteiger partial charge in [0.05, 0.1) is 6.10 Å². The molecule has 0 N–H and O–H groups in total. The summed E-state index contributed by atoms with van der Waals surface area (Å²) in [5, 5.41) is 0. The van der Waals surface area contributed by atoms with E-state index in [0.29, 0.717) is 5.92 Å². The Labute approximate surface area is 187 Å². The first-order valence-electron chi connectivity index (χ1n) is 11.1. The van der Waals surface area contributed by atoms with Gasteiger partial charge in [0, 0.05) is 5.56 Å². The Morgan fingerprint density at radius 3 is 1.87 bits per heavy atom. The number of hydrogen-bond acceptors (Lipinski definition) is 3. The van der Waals surface area contributed by atoms with E-state index < -0.39 is 11.9 Å². The molecule has 0 saturated carbocycles. The molecule has 0 bridgehead atoms. The minimum Gasteiger partial charge on any atom is -0.476 e. The van der Waals surface area contributed by atoms with Crippen molar-refractivity contribution < 1.29 is 14.2 Å². The van der Waals surface area contributed by atoms with Gasteiger partial charge in [0.25, 0.3) is 0 Å². The maximum Gasteiger partial charge on any atom is 0.244 e. The zero-order valence-corrected chi connectivity index (χ0v) is 19.2. The number of hydrogen-bond donors (Lipinski definition) is 0. The van der Waals surface area contributed by atoms with E-state index in [-0.39, 0.29) is 6.10 Å². The van der Waals surface area contributed by atoms with Crippen LogP contribution < -0.4 is 9.47 Å². The van der Waals surface area contributed by atoms with E-state index in [9.17, 15) is 0 Å². The lowest BCUT2D eigenvalue weighted by molar-refractivity contribution is -0.201. The van der Waals surface area contributed by atoms with Crippen LogP contribution in [0.2, 0.25) is 0 Å². The second-order valence-electron chi connectivity index (χ2n) is 8.40. The van der Waals surface area contributed by atoms with Crippen LogP contribution in [-0.4, -0.2) is 12.4 Å². The zero-order chi connectivity index (χ0) is 22.3. The molecule has 3 nitrogen and oxygen atoms in total. The average molecular weight is 419 g/mol. The molecule has 0 saturated heterocycles. The molecule has 3 atom stereocenters. The fourth-order valence-corrected chi connectivity index (χ4v) is 3.50. The molecule has 31 heavy (non-hydrogen) atoms. The van der Waals surface area contributed by atoms with Crippen LogP contribution in [-0.2, 0) is 10.3 Å². The molecule has 3 unspecified atom stereocenters. The Bertz CT molecular complexity index is 906. The van der Waals surface area contributed by atoms with Gasteiger partial charge in [-0.25, -0.2) is 0 Å². The van der Waals surface area contributed by atoms with Crippen molar-refractivity contribution in [2.45, 2.75) is 65.0 Å². The molecule has 0 amide bonds. The van der Waals surface area contributed by atoms with Gasteiger partial charge < -0.3 is 14.2 Å². The fraction of sp³-hybridized carbons (Fsp3) is 0.357. The quantitative estimate of drug-likeness (QED) is 0.323. The number of ether oxygens (including phenoxy) is 3. The largest absolute Gasteiger partial charge is 0.476 e. The molecule has 3 aromatic rings. The first-order chi connectivity index (χ1) is 14.9. The lowest BCUT2D eigenvalue weighted by atomic mass is 9.94. The van der Waals surface area contributed by atoms with Crippen molar-refractivity contribution >= 4 is 0 Å². The maximum atomic E-state index is 6.55. The van der Waals surface area contributed by atoms with Gasteiger partial charge in [0.1, 0.15) is 11.5 Å². The third-order valence-electron chi connectivity index (χ3n) is 5.57. The van der Waals surface area contributed by atoms with Crippen LogP contribution in [0.15, 0.2) is 84.9 Å². The van der Waals surface area contributed by atoms with Gasteiger partial charge in [0.2, 0.25) is 6.29 Å². The lowest BCUT2D eigenvalue weighted by Gasteiger charge is -2.38. The normalized spacial score (nSPS) is 15.2. The standard InChI is InChI=1S/C28H34O3/c1-6-22(4)23-17-19-25(20-18-23)30-27(29-21(2)3)28(5,24-13-9-7-10-14-24)31-26-15-11-8-12-16-26/h7-22,27H,6H2,1-5H3. The summed E-state index contributed by atoms with van der Waals surface area (Å²) in [6.45, 7) is 10.5. The fourth-order valence-electron chi connectivity index (χ4n) is 3.50. The molecule has 0 spiro atoms. The van der Waals surface area contributed by atoms with Crippen LogP contribution >= 0.6 is 0 Å². The molecule has 3 heteroatoms. The van der Waals surface area contributed by atoms with Crippen molar-refractivity contribution in [2.24, 2.45) is 0 Å². The molecule has 3 rings (SSSR count). The molecule has 0 aromatic heterocycles. The van der Waals surface area contributed by atoms with Crippen LogP contribution in [0.3, 0.4) is 0 Å². The summed E-state index contributed by atoms with van der Waals surface area (Å²) in [5.41, 5.74) is 1.44. The summed E-state index contributed by atoms with van der Waals surface area (Å²) in [6, 6.07) is 28.2. The molecular formula is C28H34O3. The summed E-state index contributed by atoms with van der Waals surface area (Å²) in [7, 11) is 0. The minimum absolute atomic E-state index is 0.0354. The maximum absolute atomic E-state index is 6.55. The average Bonchev–Trinajstić information content (AvgIpc) is 2.79. The van der Waals surface area contributed by atoms with Crippen LogP contribution in [0.25, 0.3) is 0 Å². The van der Waals surface area contributed by atoms with Gasteiger partial charge in [-0.1, -0.05) is 74.5 Å². The smallest absolute Gasteiger partial charge is 0.244 e. The van der Waals surface area contributed by atoms with E-state index in [0.717, 1.165) is 23.5 Å². The Hall–Kier alpha value is -2.78. The number of para-hydroxylation sites is 1. The minimum atomic E-state index is -0.859. The SMILES string of the molecule is CCC(C)c1ccc(OC(OC(C)C)C(C)(Oc2ccccc2)c2ccccc2)cc1. The van der Waals surface area contributed by atoms with E-state index in [1.54, 1.807) is 0 Å². The molecule has 0 aliphatic rings. The number of rotatable bonds is 10. The van der Waals surface area contributed by atoms with Crippen molar-refractivity contribution in [1.29, 1.82) is 0 Å². The van der Waals surface area contributed by atoms with Crippen LogP contribution in [0.5, 0.6) is 11.5 Å². The van der Waals surface area contributed by atoms with Crippen LogP contribution in [0, 0.1) is 0 Å².